The second kappa shape index (κ2) is 8.07. The minimum absolute atomic E-state index is 0.0368. The number of piperidine rings is 1. The van der Waals surface area contributed by atoms with E-state index in [1.165, 1.54) is 5.56 Å². The molecule has 0 atom stereocenters. The summed E-state index contributed by atoms with van der Waals surface area (Å²) in [5.41, 5.74) is 2.12. The molecule has 7 nitrogen and oxygen atoms in total. The molecule has 0 radical (unpaired) electrons. The third-order valence-electron chi connectivity index (χ3n) is 6.21. The lowest BCUT2D eigenvalue weighted by Gasteiger charge is -2.37. The monoisotopic (exact) mass is 404 g/mol. The van der Waals surface area contributed by atoms with Gasteiger partial charge in [-0.2, -0.15) is 9.50 Å². The van der Waals surface area contributed by atoms with Gasteiger partial charge in [0.2, 0.25) is 11.9 Å². The van der Waals surface area contributed by atoms with Crippen LogP contribution in [-0.2, 0) is 11.3 Å². The standard InChI is InChI=1S/C23H28N6O/c1-27(16-17-6-3-2-4-7-17)19-12-14-28(15-13-19)21-9-5-8-20-24-23(26-29(20)21)25-22(30)18-10-11-18/h2-9,18-19H,10-16H2,1H3,(H,25,26,30). The molecule has 1 amide bonds. The fourth-order valence-electron chi connectivity index (χ4n) is 4.28. The number of carbonyl (C=O) groups excluding carboxylic acids is 1. The summed E-state index contributed by atoms with van der Waals surface area (Å²) in [6.45, 7) is 2.94. The Morgan fingerprint density at radius 3 is 2.57 bits per heavy atom. The lowest BCUT2D eigenvalue weighted by molar-refractivity contribution is -0.117. The maximum atomic E-state index is 12.1. The Hall–Kier alpha value is -2.93. The Morgan fingerprint density at radius 2 is 1.83 bits per heavy atom. The van der Waals surface area contributed by atoms with Crippen LogP contribution in [0.5, 0.6) is 0 Å². The van der Waals surface area contributed by atoms with Crippen molar-refractivity contribution in [3.05, 3.63) is 54.1 Å². The first-order valence-electron chi connectivity index (χ1n) is 10.8. The predicted octanol–water partition coefficient (Wildman–Crippen LogP) is 3.18. The summed E-state index contributed by atoms with van der Waals surface area (Å²) in [4.78, 5) is 21.4. The van der Waals surface area contributed by atoms with Crippen LogP contribution in [0.25, 0.3) is 5.65 Å². The van der Waals surface area contributed by atoms with Crippen LogP contribution in [0.3, 0.4) is 0 Å². The van der Waals surface area contributed by atoms with Gasteiger partial charge in [-0.3, -0.25) is 15.0 Å². The zero-order chi connectivity index (χ0) is 20.5. The quantitative estimate of drug-likeness (QED) is 0.684. The topological polar surface area (TPSA) is 65.8 Å². The number of carbonyl (C=O) groups is 1. The second-order valence-corrected chi connectivity index (χ2v) is 8.47. The molecule has 3 heterocycles. The van der Waals surface area contributed by atoms with Crippen molar-refractivity contribution in [2.24, 2.45) is 5.92 Å². The highest BCUT2D eigenvalue weighted by Crippen LogP contribution is 2.30. The molecule has 0 spiro atoms. The van der Waals surface area contributed by atoms with Gasteiger partial charge in [0.05, 0.1) is 0 Å². The Balaban J connectivity index is 1.25. The highest BCUT2D eigenvalue weighted by atomic mass is 16.2. The largest absolute Gasteiger partial charge is 0.356 e. The van der Waals surface area contributed by atoms with E-state index in [4.69, 9.17) is 0 Å². The number of amides is 1. The molecule has 1 N–H and O–H groups in total. The third-order valence-corrected chi connectivity index (χ3v) is 6.21. The van der Waals surface area contributed by atoms with Gasteiger partial charge in [0.15, 0.2) is 5.65 Å². The molecule has 7 heteroatoms. The summed E-state index contributed by atoms with van der Waals surface area (Å²) >= 11 is 0. The van der Waals surface area contributed by atoms with Gasteiger partial charge in [-0.05, 0) is 50.4 Å². The summed E-state index contributed by atoms with van der Waals surface area (Å²) in [5, 5.41) is 7.43. The minimum Gasteiger partial charge on any atom is -0.356 e. The van der Waals surface area contributed by atoms with Crippen LogP contribution in [0, 0.1) is 5.92 Å². The molecule has 2 fully saturated rings. The van der Waals surface area contributed by atoms with E-state index in [9.17, 15) is 4.79 Å². The molecule has 30 heavy (non-hydrogen) atoms. The molecule has 0 unspecified atom stereocenters. The van der Waals surface area contributed by atoms with Gasteiger partial charge in [-0.25, -0.2) is 0 Å². The van der Waals surface area contributed by atoms with Gasteiger partial charge in [0, 0.05) is 31.6 Å². The average Bonchev–Trinajstić information content (AvgIpc) is 3.54. The second-order valence-electron chi connectivity index (χ2n) is 8.47. The molecule has 2 aromatic heterocycles. The molecule has 156 valence electrons. The van der Waals surface area contributed by atoms with Gasteiger partial charge in [0.25, 0.3) is 0 Å². The Kier molecular flexibility index (Phi) is 5.12. The fourth-order valence-corrected chi connectivity index (χ4v) is 4.28. The van der Waals surface area contributed by atoms with Crippen molar-refractivity contribution in [1.82, 2.24) is 19.5 Å². The highest BCUT2D eigenvalue weighted by Gasteiger charge is 2.30. The Labute approximate surface area is 176 Å². The van der Waals surface area contributed by atoms with Gasteiger partial charge >= 0.3 is 0 Å². The van der Waals surface area contributed by atoms with Crippen molar-refractivity contribution < 1.29 is 4.79 Å². The Bertz CT molecular complexity index is 1020. The summed E-state index contributed by atoms with van der Waals surface area (Å²) in [6, 6.07) is 17.3. The maximum absolute atomic E-state index is 12.1. The van der Waals surface area contributed by atoms with Crippen LogP contribution in [-0.4, -0.2) is 51.6 Å². The smallest absolute Gasteiger partial charge is 0.249 e. The van der Waals surface area contributed by atoms with Gasteiger partial charge < -0.3 is 4.90 Å². The Morgan fingerprint density at radius 1 is 1.07 bits per heavy atom. The molecule has 1 aliphatic carbocycles. The number of nitrogens with zero attached hydrogens (tertiary/aromatic N) is 5. The number of rotatable bonds is 6. The zero-order valence-corrected chi connectivity index (χ0v) is 17.4. The van der Waals surface area contributed by atoms with Crippen molar-refractivity contribution in [3.63, 3.8) is 0 Å². The molecule has 3 aromatic rings. The molecular formula is C23H28N6O. The normalized spacial score (nSPS) is 17.6. The lowest BCUT2D eigenvalue weighted by Crippen LogP contribution is -2.43. The summed E-state index contributed by atoms with van der Waals surface area (Å²) in [6.07, 6.45) is 4.16. The first-order valence-corrected chi connectivity index (χ1v) is 10.8. The minimum atomic E-state index is 0.0368. The van der Waals surface area contributed by atoms with Crippen LogP contribution < -0.4 is 10.2 Å². The van der Waals surface area contributed by atoms with Crippen molar-refractivity contribution in [2.45, 2.75) is 38.3 Å². The van der Waals surface area contributed by atoms with Crippen LogP contribution >= 0.6 is 0 Å². The first-order chi connectivity index (χ1) is 14.7. The van der Waals surface area contributed by atoms with Crippen molar-refractivity contribution in [3.8, 4) is 0 Å². The van der Waals surface area contributed by atoms with E-state index < -0.39 is 0 Å². The third kappa shape index (κ3) is 4.03. The number of fused-ring (bicyclic) bond motifs is 1. The van der Waals surface area contributed by atoms with E-state index in [0.717, 1.165) is 56.8 Å². The van der Waals surface area contributed by atoms with E-state index in [-0.39, 0.29) is 11.8 Å². The molecule has 5 rings (SSSR count). The first kappa shape index (κ1) is 19.1. The zero-order valence-electron chi connectivity index (χ0n) is 17.4. The number of benzene rings is 1. The number of hydrogen-bond donors (Lipinski definition) is 1. The van der Waals surface area contributed by atoms with E-state index >= 15 is 0 Å². The number of aromatic nitrogens is 3. The molecule has 1 saturated heterocycles. The van der Waals surface area contributed by atoms with E-state index in [1.807, 2.05) is 16.6 Å². The van der Waals surface area contributed by atoms with E-state index in [1.54, 1.807) is 0 Å². The van der Waals surface area contributed by atoms with Gasteiger partial charge in [-0.1, -0.05) is 36.4 Å². The SMILES string of the molecule is CN(Cc1ccccc1)C1CCN(c2cccc3nc(NC(=O)C4CC4)nn23)CC1. The number of nitrogens with one attached hydrogen (secondary N) is 1. The number of anilines is 2. The predicted molar refractivity (Wildman–Crippen MR) is 117 cm³/mol. The van der Waals surface area contributed by atoms with Crippen LogP contribution in [0.1, 0.15) is 31.2 Å². The summed E-state index contributed by atoms with van der Waals surface area (Å²) in [5.74, 6) is 1.62. The van der Waals surface area contributed by atoms with Crippen LogP contribution in [0.15, 0.2) is 48.5 Å². The summed E-state index contributed by atoms with van der Waals surface area (Å²) in [7, 11) is 2.22. The lowest BCUT2D eigenvalue weighted by atomic mass is 10.0. The molecule has 1 aliphatic heterocycles. The summed E-state index contributed by atoms with van der Waals surface area (Å²) < 4.78 is 1.86. The van der Waals surface area contributed by atoms with Crippen LogP contribution in [0.2, 0.25) is 0 Å². The maximum Gasteiger partial charge on any atom is 0.249 e. The fraction of sp³-hybridized carbons (Fsp3) is 0.435. The molecule has 0 bridgehead atoms. The molecule has 1 aromatic carbocycles. The van der Waals surface area contributed by atoms with Crippen LogP contribution in [0.4, 0.5) is 11.8 Å². The number of pyridine rings is 1. The molecule has 2 aliphatic rings. The average molecular weight is 405 g/mol. The van der Waals surface area contributed by atoms with E-state index in [2.05, 4.69) is 68.6 Å². The van der Waals surface area contributed by atoms with Gasteiger partial charge in [-0.15, -0.1) is 5.10 Å². The van der Waals surface area contributed by atoms with Crippen molar-refractivity contribution in [1.29, 1.82) is 0 Å². The molecule has 1 saturated carbocycles. The van der Waals surface area contributed by atoms with E-state index in [0.29, 0.717) is 12.0 Å². The molecular weight excluding hydrogens is 376 g/mol. The van der Waals surface area contributed by atoms with Crippen molar-refractivity contribution >= 4 is 23.3 Å². The highest BCUT2D eigenvalue weighted by molar-refractivity contribution is 5.92. The number of hydrogen-bond acceptors (Lipinski definition) is 5. The van der Waals surface area contributed by atoms with Crippen molar-refractivity contribution in [2.75, 3.05) is 30.4 Å². The van der Waals surface area contributed by atoms with Gasteiger partial charge in [0.1, 0.15) is 5.82 Å².